The number of fused-ring (bicyclic) bond motifs is 1. The van der Waals surface area contributed by atoms with Gasteiger partial charge in [0.1, 0.15) is 6.04 Å². The maximum Gasteiger partial charge on any atom is 0.320 e. The fourth-order valence-electron chi connectivity index (χ4n) is 2.78. The fraction of sp³-hybridized carbons (Fsp3) is 0.533. The number of aryl methyl sites for hydroxylation is 1. The molecule has 1 aliphatic carbocycles. The van der Waals surface area contributed by atoms with Crippen molar-refractivity contribution in [1.82, 2.24) is 5.32 Å². The SMILES string of the molecule is CCCC(NC1CCc2cc(Cl)cc(Cl)c2C1)C(=O)O. The summed E-state index contributed by atoms with van der Waals surface area (Å²) in [5.41, 5.74) is 2.28. The Morgan fingerprint density at radius 2 is 2.25 bits per heavy atom. The highest BCUT2D eigenvalue weighted by Crippen LogP contribution is 2.31. The molecular formula is C15H19Cl2NO2. The Kier molecular flexibility index (Phi) is 5.30. The van der Waals surface area contributed by atoms with E-state index in [-0.39, 0.29) is 6.04 Å². The monoisotopic (exact) mass is 315 g/mol. The highest BCUT2D eigenvalue weighted by Gasteiger charge is 2.25. The van der Waals surface area contributed by atoms with Gasteiger partial charge in [-0.05, 0) is 48.9 Å². The Morgan fingerprint density at radius 3 is 2.90 bits per heavy atom. The minimum Gasteiger partial charge on any atom is -0.480 e. The molecule has 0 fully saturated rings. The number of benzene rings is 1. The molecule has 0 saturated carbocycles. The first-order chi connectivity index (χ1) is 9.51. The van der Waals surface area contributed by atoms with Crippen molar-refractivity contribution in [3.8, 4) is 0 Å². The van der Waals surface area contributed by atoms with Crippen LogP contribution in [0.4, 0.5) is 0 Å². The van der Waals surface area contributed by atoms with Crippen molar-refractivity contribution in [2.24, 2.45) is 0 Å². The molecule has 5 heteroatoms. The lowest BCUT2D eigenvalue weighted by Gasteiger charge is -2.29. The van der Waals surface area contributed by atoms with Gasteiger partial charge in [0.05, 0.1) is 0 Å². The molecule has 2 atom stereocenters. The van der Waals surface area contributed by atoms with Crippen LogP contribution in [0.2, 0.25) is 10.0 Å². The number of halogens is 2. The van der Waals surface area contributed by atoms with Crippen molar-refractivity contribution >= 4 is 29.2 Å². The van der Waals surface area contributed by atoms with Gasteiger partial charge in [-0.15, -0.1) is 0 Å². The number of carboxylic acids is 1. The predicted molar refractivity (Wildman–Crippen MR) is 81.7 cm³/mol. The normalized spacial score (nSPS) is 19.4. The highest BCUT2D eigenvalue weighted by molar-refractivity contribution is 6.35. The van der Waals surface area contributed by atoms with Crippen LogP contribution in [-0.4, -0.2) is 23.2 Å². The maximum absolute atomic E-state index is 11.2. The van der Waals surface area contributed by atoms with Crippen molar-refractivity contribution in [2.45, 2.75) is 51.1 Å². The molecule has 3 nitrogen and oxygen atoms in total. The lowest BCUT2D eigenvalue weighted by atomic mass is 9.87. The Hall–Kier alpha value is -0.770. The second kappa shape index (κ2) is 6.79. The first kappa shape index (κ1) is 15.6. The molecule has 2 unspecified atom stereocenters. The van der Waals surface area contributed by atoms with Crippen molar-refractivity contribution in [3.05, 3.63) is 33.3 Å². The van der Waals surface area contributed by atoms with E-state index < -0.39 is 12.0 Å². The molecule has 2 N–H and O–H groups in total. The van der Waals surface area contributed by atoms with Crippen molar-refractivity contribution < 1.29 is 9.90 Å². The zero-order valence-electron chi connectivity index (χ0n) is 11.5. The molecule has 0 aromatic heterocycles. The number of carbonyl (C=O) groups is 1. The Morgan fingerprint density at radius 1 is 1.50 bits per heavy atom. The summed E-state index contributed by atoms with van der Waals surface area (Å²) in [7, 11) is 0. The Balaban J connectivity index is 2.09. The third-order valence-electron chi connectivity index (χ3n) is 3.78. The fourth-order valence-corrected chi connectivity index (χ4v) is 3.39. The van der Waals surface area contributed by atoms with Crippen molar-refractivity contribution in [2.75, 3.05) is 0 Å². The second-order valence-electron chi connectivity index (χ2n) is 5.31. The van der Waals surface area contributed by atoms with E-state index in [0.717, 1.165) is 31.2 Å². The van der Waals surface area contributed by atoms with Crippen molar-refractivity contribution in [3.63, 3.8) is 0 Å². The van der Waals surface area contributed by atoms with Gasteiger partial charge in [0.2, 0.25) is 0 Å². The lowest BCUT2D eigenvalue weighted by Crippen LogP contribution is -2.45. The molecule has 1 aromatic rings. The van der Waals surface area contributed by atoms with E-state index in [4.69, 9.17) is 23.2 Å². The van der Waals surface area contributed by atoms with Gasteiger partial charge < -0.3 is 10.4 Å². The molecule has 0 radical (unpaired) electrons. The van der Waals surface area contributed by atoms with Gasteiger partial charge >= 0.3 is 5.97 Å². The maximum atomic E-state index is 11.2. The molecule has 1 aliphatic rings. The summed E-state index contributed by atoms with van der Waals surface area (Å²) in [6.45, 7) is 1.99. The second-order valence-corrected chi connectivity index (χ2v) is 6.15. The van der Waals surface area contributed by atoms with Crippen LogP contribution in [0.1, 0.15) is 37.3 Å². The van der Waals surface area contributed by atoms with E-state index in [1.165, 1.54) is 5.56 Å². The third-order valence-corrected chi connectivity index (χ3v) is 4.33. The van der Waals surface area contributed by atoms with Gasteiger partial charge in [0.25, 0.3) is 0 Å². The zero-order chi connectivity index (χ0) is 14.7. The predicted octanol–water partition coefficient (Wildman–Crippen LogP) is 3.69. The van der Waals surface area contributed by atoms with Crippen LogP contribution in [0.3, 0.4) is 0 Å². The van der Waals surface area contributed by atoms with Crippen LogP contribution in [-0.2, 0) is 17.6 Å². The van der Waals surface area contributed by atoms with Crippen LogP contribution in [0, 0.1) is 0 Å². The van der Waals surface area contributed by atoms with Crippen LogP contribution < -0.4 is 5.32 Å². The largest absolute Gasteiger partial charge is 0.480 e. The average Bonchev–Trinajstić information content (AvgIpc) is 2.38. The molecule has 20 heavy (non-hydrogen) atoms. The van der Waals surface area contributed by atoms with Crippen LogP contribution in [0.15, 0.2) is 12.1 Å². The molecule has 0 aliphatic heterocycles. The third kappa shape index (κ3) is 3.66. The summed E-state index contributed by atoms with van der Waals surface area (Å²) in [5, 5.41) is 13.8. The highest BCUT2D eigenvalue weighted by atomic mass is 35.5. The quantitative estimate of drug-likeness (QED) is 0.871. The summed E-state index contributed by atoms with van der Waals surface area (Å²) < 4.78 is 0. The molecule has 0 amide bonds. The topological polar surface area (TPSA) is 49.3 Å². The number of hydrogen-bond donors (Lipinski definition) is 2. The molecule has 0 heterocycles. The van der Waals surface area contributed by atoms with Crippen LogP contribution in [0.5, 0.6) is 0 Å². The molecular weight excluding hydrogens is 297 g/mol. The summed E-state index contributed by atoms with van der Waals surface area (Å²) in [4.78, 5) is 11.2. The molecule has 2 rings (SSSR count). The summed E-state index contributed by atoms with van der Waals surface area (Å²) in [6.07, 6.45) is 4.05. The van der Waals surface area contributed by atoms with E-state index in [1.54, 1.807) is 6.07 Å². The van der Waals surface area contributed by atoms with E-state index >= 15 is 0 Å². The van der Waals surface area contributed by atoms with Gasteiger partial charge in [-0.1, -0.05) is 36.5 Å². The minimum atomic E-state index is -0.778. The van der Waals surface area contributed by atoms with Crippen LogP contribution in [0.25, 0.3) is 0 Å². The van der Waals surface area contributed by atoms with E-state index in [2.05, 4.69) is 5.32 Å². The van der Waals surface area contributed by atoms with E-state index in [9.17, 15) is 9.90 Å². The van der Waals surface area contributed by atoms with Crippen molar-refractivity contribution in [1.29, 1.82) is 0 Å². The van der Waals surface area contributed by atoms with E-state index in [0.29, 0.717) is 16.5 Å². The van der Waals surface area contributed by atoms with Gasteiger partial charge in [0, 0.05) is 16.1 Å². The molecule has 0 bridgehead atoms. The lowest BCUT2D eigenvalue weighted by molar-refractivity contribution is -0.139. The number of rotatable bonds is 5. The smallest absolute Gasteiger partial charge is 0.320 e. The minimum absolute atomic E-state index is 0.161. The first-order valence-corrected chi connectivity index (χ1v) is 7.72. The molecule has 0 saturated heterocycles. The van der Waals surface area contributed by atoms with Gasteiger partial charge in [-0.2, -0.15) is 0 Å². The number of hydrogen-bond acceptors (Lipinski definition) is 2. The number of nitrogens with one attached hydrogen (secondary N) is 1. The summed E-state index contributed by atoms with van der Waals surface area (Å²) >= 11 is 12.3. The van der Waals surface area contributed by atoms with E-state index in [1.807, 2.05) is 13.0 Å². The molecule has 1 aromatic carbocycles. The first-order valence-electron chi connectivity index (χ1n) is 6.97. The van der Waals surface area contributed by atoms with Gasteiger partial charge in [-0.25, -0.2) is 0 Å². The standard InChI is InChI=1S/C15H19Cl2NO2/c1-2-3-14(15(19)20)18-11-5-4-9-6-10(16)7-13(17)12(9)8-11/h6-7,11,14,18H,2-5,8H2,1H3,(H,19,20). The Bertz CT molecular complexity index is 505. The average molecular weight is 316 g/mol. The molecule has 110 valence electrons. The number of carboxylic acid groups (broad SMARTS) is 1. The van der Waals surface area contributed by atoms with Gasteiger partial charge in [-0.3, -0.25) is 4.79 Å². The van der Waals surface area contributed by atoms with Crippen LogP contribution >= 0.6 is 23.2 Å². The van der Waals surface area contributed by atoms with Gasteiger partial charge in [0.15, 0.2) is 0 Å². The summed E-state index contributed by atoms with van der Waals surface area (Å²) in [5.74, 6) is -0.778. The number of aliphatic carboxylic acids is 1. The zero-order valence-corrected chi connectivity index (χ0v) is 13.0. The summed E-state index contributed by atoms with van der Waals surface area (Å²) in [6, 6.07) is 3.40. The molecule has 0 spiro atoms. The Labute approximate surface area is 129 Å².